The molecule has 1 aromatic carbocycles. The third kappa shape index (κ3) is 3.96. The Hall–Kier alpha value is -2.89. The van der Waals surface area contributed by atoms with Crippen molar-refractivity contribution >= 4 is 18.0 Å². The smallest absolute Gasteiger partial charge is 0.331 e. The molecule has 0 bridgehead atoms. The number of nitrogens with one attached hydrogen (secondary N) is 1. The van der Waals surface area contributed by atoms with Gasteiger partial charge in [-0.2, -0.15) is 0 Å². The molecule has 25 heavy (non-hydrogen) atoms. The molecule has 1 fully saturated rings. The maximum atomic E-state index is 12.1. The second-order valence-electron chi connectivity index (χ2n) is 6.13. The number of aromatic hydroxyl groups is 1. The molecular weight excluding hydrogens is 318 g/mol. The van der Waals surface area contributed by atoms with Gasteiger partial charge in [0.1, 0.15) is 5.56 Å². The molecule has 1 saturated carbocycles. The van der Waals surface area contributed by atoms with E-state index >= 15 is 0 Å². The van der Waals surface area contributed by atoms with Crippen LogP contribution in [0.2, 0.25) is 0 Å². The van der Waals surface area contributed by atoms with Gasteiger partial charge in [0.2, 0.25) is 5.88 Å². The molecular formula is C19H21N3O3. The number of hydrogen-bond acceptors (Lipinski definition) is 4. The molecule has 1 heterocycles. The lowest BCUT2D eigenvalue weighted by Crippen LogP contribution is -2.34. The van der Waals surface area contributed by atoms with Gasteiger partial charge in [-0.25, -0.2) is 4.79 Å². The highest BCUT2D eigenvalue weighted by Gasteiger charge is 2.21. The van der Waals surface area contributed by atoms with Gasteiger partial charge >= 0.3 is 5.69 Å². The number of H-pyrrole nitrogens is 1. The molecule has 2 aromatic rings. The lowest BCUT2D eigenvalue weighted by molar-refractivity contribution is 0.298. The maximum absolute atomic E-state index is 12.1. The predicted octanol–water partition coefficient (Wildman–Crippen LogP) is 3.16. The fraction of sp³-hybridized carbons (Fsp3) is 0.316. The number of hydrogen-bond donors (Lipinski definition) is 2. The second kappa shape index (κ2) is 7.79. The molecule has 3 rings (SSSR count). The van der Waals surface area contributed by atoms with Gasteiger partial charge in [-0.05, 0) is 37.1 Å². The van der Waals surface area contributed by atoms with Crippen molar-refractivity contribution in [2.45, 2.75) is 38.1 Å². The van der Waals surface area contributed by atoms with E-state index in [1.165, 1.54) is 10.6 Å². The molecule has 0 radical (unpaired) electrons. The van der Waals surface area contributed by atoms with Crippen LogP contribution >= 0.6 is 0 Å². The minimum Gasteiger partial charge on any atom is -0.494 e. The van der Waals surface area contributed by atoms with E-state index in [1.54, 1.807) is 12.3 Å². The summed E-state index contributed by atoms with van der Waals surface area (Å²) >= 11 is 0. The van der Waals surface area contributed by atoms with Crippen LogP contribution in [-0.4, -0.2) is 20.9 Å². The fourth-order valence-electron chi connectivity index (χ4n) is 3.16. The molecule has 6 heteroatoms. The first-order valence-electron chi connectivity index (χ1n) is 8.50. The Morgan fingerprint density at radius 3 is 2.56 bits per heavy atom. The van der Waals surface area contributed by atoms with Gasteiger partial charge in [-0.15, -0.1) is 0 Å². The number of aromatic nitrogens is 2. The third-order valence-electron chi connectivity index (χ3n) is 4.42. The van der Waals surface area contributed by atoms with Gasteiger partial charge in [0, 0.05) is 12.3 Å². The molecule has 130 valence electrons. The van der Waals surface area contributed by atoms with Crippen molar-refractivity contribution < 1.29 is 5.11 Å². The van der Waals surface area contributed by atoms with Gasteiger partial charge in [0.25, 0.3) is 5.56 Å². The van der Waals surface area contributed by atoms with Gasteiger partial charge in [-0.1, -0.05) is 37.5 Å². The molecule has 1 aliphatic rings. The fourth-order valence-corrected chi connectivity index (χ4v) is 3.16. The number of nitrogens with zero attached hydrogens (tertiary/aromatic N) is 2. The average molecular weight is 339 g/mol. The molecule has 0 saturated heterocycles. The zero-order chi connectivity index (χ0) is 17.6. The van der Waals surface area contributed by atoms with Crippen LogP contribution in [0.4, 0.5) is 5.69 Å². The van der Waals surface area contributed by atoms with E-state index in [9.17, 15) is 14.7 Å². The summed E-state index contributed by atoms with van der Waals surface area (Å²) in [7, 11) is 0. The highest BCUT2D eigenvalue weighted by molar-refractivity contribution is 5.80. The Bertz CT molecular complexity index is 888. The van der Waals surface area contributed by atoms with Crippen LogP contribution in [0.15, 0.2) is 51.0 Å². The number of rotatable bonds is 4. The summed E-state index contributed by atoms with van der Waals surface area (Å²) in [5.74, 6) is -0.273. The highest BCUT2D eigenvalue weighted by Crippen LogP contribution is 2.30. The van der Waals surface area contributed by atoms with Crippen LogP contribution in [-0.2, 0) is 0 Å². The van der Waals surface area contributed by atoms with Crippen LogP contribution in [0.1, 0.15) is 43.7 Å². The van der Waals surface area contributed by atoms with E-state index in [2.05, 4.69) is 9.98 Å². The van der Waals surface area contributed by atoms with Crippen molar-refractivity contribution in [3.63, 3.8) is 0 Å². The van der Waals surface area contributed by atoms with E-state index in [4.69, 9.17) is 0 Å². The Morgan fingerprint density at radius 1 is 1.12 bits per heavy atom. The van der Waals surface area contributed by atoms with Crippen molar-refractivity contribution in [2.75, 3.05) is 0 Å². The lowest BCUT2D eigenvalue weighted by Gasteiger charge is -2.24. The van der Waals surface area contributed by atoms with Crippen molar-refractivity contribution in [1.29, 1.82) is 0 Å². The number of aromatic amines is 1. The van der Waals surface area contributed by atoms with E-state index in [0.717, 1.165) is 37.8 Å². The molecule has 1 aliphatic carbocycles. The molecule has 0 amide bonds. The number of aliphatic imine (C=N–C) groups is 1. The number of benzene rings is 1. The largest absolute Gasteiger partial charge is 0.494 e. The molecule has 0 spiro atoms. The molecule has 0 atom stereocenters. The standard InChI is InChI=1S/C19H21N3O3/c23-17-16(12-7-13-20-14-8-3-1-4-9-14)18(24)22(19(25)21-17)15-10-5-2-6-11-15/h1,3-4,7-9,12-13,15,24H,2,5-6,10-11H2,(H,21,23,25). The summed E-state index contributed by atoms with van der Waals surface area (Å²) in [6, 6.07) is 9.32. The normalized spacial score (nSPS) is 16.0. The Kier molecular flexibility index (Phi) is 5.28. The Morgan fingerprint density at radius 2 is 1.84 bits per heavy atom. The second-order valence-corrected chi connectivity index (χ2v) is 6.13. The first kappa shape index (κ1) is 17.0. The van der Waals surface area contributed by atoms with Crippen molar-refractivity contribution in [3.8, 4) is 5.88 Å². The topological polar surface area (TPSA) is 87.5 Å². The molecule has 1 aromatic heterocycles. The first-order valence-corrected chi connectivity index (χ1v) is 8.50. The van der Waals surface area contributed by atoms with Crippen LogP contribution < -0.4 is 11.2 Å². The average Bonchev–Trinajstić information content (AvgIpc) is 2.62. The summed E-state index contributed by atoms with van der Waals surface area (Å²) in [6.07, 6.45) is 9.43. The first-order chi connectivity index (χ1) is 12.2. The maximum Gasteiger partial charge on any atom is 0.331 e. The summed E-state index contributed by atoms with van der Waals surface area (Å²) < 4.78 is 1.31. The lowest BCUT2D eigenvalue weighted by atomic mass is 9.95. The monoisotopic (exact) mass is 339 g/mol. The van der Waals surface area contributed by atoms with E-state index < -0.39 is 11.2 Å². The van der Waals surface area contributed by atoms with E-state index in [1.807, 2.05) is 30.3 Å². The summed E-state index contributed by atoms with van der Waals surface area (Å²) in [4.78, 5) is 30.7. The number of allylic oxidation sites excluding steroid dienone is 1. The minimum atomic E-state index is -0.598. The van der Waals surface area contributed by atoms with Crippen LogP contribution in [0.3, 0.4) is 0 Å². The third-order valence-corrected chi connectivity index (χ3v) is 4.42. The van der Waals surface area contributed by atoms with Crippen molar-refractivity contribution in [1.82, 2.24) is 9.55 Å². The predicted molar refractivity (Wildman–Crippen MR) is 98.7 cm³/mol. The minimum absolute atomic E-state index is 0.0664. The summed E-state index contributed by atoms with van der Waals surface area (Å²) in [5.41, 5.74) is -0.287. The van der Waals surface area contributed by atoms with E-state index in [-0.39, 0.29) is 17.5 Å². The highest BCUT2D eigenvalue weighted by atomic mass is 16.3. The van der Waals surface area contributed by atoms with Crippen LogP contribution in [0.25, 0.3) is 6.08 Å². The number of para-hydroxylation sites is 1. The zero-order valence-corrected chi connectivity index (χ0v) is 13.9. The summed E-state index contributed by atoms with van der Waals surface area (Å²) in [5, 5.41) is 10.5. The van der Waals surface area contributed by atoms with Crippen LogP contribution in [0, 0.1) is 0 Å². The van der Waals surface area contributed by atoms with Gasteiger partial charge in [0.15, 0.2) is 0 Å². The van der Waals surface area contributed by atoms with Gasteiger partial charge in [0.05, 0.1) is 5.69 Å². The Labute approximate surface area is 145 Å². The van der Waals surface area contributed by atoms with Crippen molar-refractivity contribution in [2.24, 2.45) is 4.99 Å². The van der Waals surface area contributed by atoms with Crippen LogP contribution in [0.5, 0.6) is 5.88 Å². The molecule has 2 N–H and O–H groups in total. The Balaban J connectivity index is 1.88. The molecule has 0 unspecified atom stereocenters. The van der Waals surface area contributed by atoms with E-state index in [0.29, 0.717) is 0 Å². The quantitative estimate of drug-likeness (QED) is 0.839. The van der Waals surface area contributed by atoms with Gasteiger partial charge in [-0.3, -0.25) is 19.3 Å². The molecule has 6 nitrogen and oxygen atoms in total. The van der Waals surface area contributed by atoms with Gasteiger partial charge < -0.3 is 5.11 Å². The SMILES string of the molecule is O=c1[nH]c(=O)n(C2CCCCC2)c(O)c1C=CC=Nc1ccccc1. The van der Waals surface area contributed by atoms with Crippen molar-refractivity contribution in [3.05, 3.63) is 62.8 Å². The molecule has 0 aliphatic heterocycles. The zero-order valence-electron chi connectivity index (χ0n) is 13.9. The summed E-state index contributed by atoms with van der Waals surface area (Å²) in [6.45, 7) is 0.